The summed E-state index contributed by atoms with van der Waals surface area (Å²) < 4.78 is 28.2. The van der Waals surface area contributed by atoms with Gasteiger partial charge >= 0.3 is 0 Å². The van der Waals surface area contributed by atoms with Gasteiger partial charge in [0.2, 0.25) is 5.91 Å². The van der Waals surface area contributed by atoms with Gasteiger partial charge < -0.3 is 5.32 Å². The Morgan fingerprint density at radius 1 is 1.03 bits per heavy atom. The van der Waals surface area contributed by atoms with E-state index in [1.807, 2.05) is 75.4 Å². The van der Waals surface area contributed by atoms with E-state index in [0.717, 1.165) is 38.4 Å². The molecule has 3 aromatic carbocycles. The highest BCUT2D eigenvalue weighted by molar-refractivity contribution is 7.93. The average molecular weight is 518 g/mol. The van der Waals surface area contributed by atoms with Gasteiger partial charge in [0.05, 0.1) is 22.7 Å². The molecule has 36 heavy (non-hydrogen) atoms. The topological polar surface area (TPSA) is 79.4 Å². The Morgan fingerprint density at radius 2 is 1.83 bits per heavy atom. The first-order valence-corrected chi connectivity index (χ1v) is 14.0. The summed E-state index contributed by atoms with van der Waals surface area (Å²) in [5.74, 6) is -0.105. The molecule has 0 unspecified atom stereocenters. The van der Waals surface area contributed by atoms with Crippen molar-refractivity contribution in [1.82, 2.24) is 4.98 Å². The van der Waals surface area contributed by atoms with Crippen LogP contribution in [0.5, 0.6) is 0 Å². The van der Waals surface area contributed by atoms with Crippen molar-refractivity contribution >= 4 is 38.1 Å². The summed E-state index contributed by atoms with van der Waals surface area (Å²) in [6, 6.07) is 20.8. The lowest BCUT2D eigenvalue weighted by Gasteiger charge is -2.21. The Bertz CT molecular complexity index is 1570. The van der Waals surface area contributed by atoms with Gasteiger partial charge in [-0.15, -0.1) is 11.3 Å². The molecule has 0 fully saturated rings. The van der Waals surface area contributed by atoms with E-state index in [4.69, 9.17) is 0 Å². The molecule has 1 N–H and O–H groups in total. The quantitative estimate of drug-likeness (QED) is 0.358. The first-order valence-electron chi connectivity index (χ1n) is 11.8. The number of hydrogen-bond donors (Lipinski definition) is 1. The summed E-state index contributed by atoms with van der Waals surface area (Å²) in [6.07, 6.45) is 0.928. The van der Waals surface area contributed by atoms with Crippen LogP contribution in [-0.4, -0.2) is 25.9 Å². The van der Waals surface area contributed by atoms with Crippen molar-refractivity contribution in [3.8, 4) is 11.3 Å². The Hall–Kier alpha value is -3.49. The first kappa shape index (κ1) is 24.2. The molecule has 5 rings (SSSR count). The van der Waals surface area contributed by atoms with E-state index in [1.54, 1.807) is 12.1 Å². The Morgan fingerprint density at radius 3 is 2.61 bits per heavy atom. The molecule has 1 aliphatic heterocycles. The number of fused-ring (bicyclic) bond motifs is 1. The number of aromatic nitrogens is 1. The van der Waals surface area contributed by atoms with Gasteiger partial charge in [-0.2, -0.15) is 0 Å². The third kappa shape index (κ3) is 4.66. The second-order valence-electron chi connectivity index (χ2n) is 9.07. The highest BCUT2D eigenvalue weighted by Crippen LogP contribution is 2.38. The lowest BCUT2D eigenvalue weighted by atomic mass is 10.1. The number of anilines is 2. The van der Waals surface area contributed by atoms with Crippen LogP contribution in [-0.2, 0) is 27.7 Å². The maximum Gasteiger partial charge on any atom is 0.264 e. The molecule has 6 nitrogen and oxygen atoms in total. The molecule has 1 aliphatic rings. The van der Waals surface area contributed by atoms with Crippen LogP contribution in [0.25, 0.3) is 11.3 Å². The number of amides is 1. The summed E-state index contributed by atoms with van der Waals surface area (Å²) in [4.78, 5) is 18.6. The number of nitrogens with zero attached hydrogens (tertiary/aromatic N) is 2. The van der Waals surface area contributed by atoms with Gasteiger partial charge in [-0.25, -0.2) is 13.4 Å². The molecule has 0 saturated carbocycles. The molecule has 8 heteroatoms. The standard InChI is InChI=1S/C28H27N3O3S2/c1-18-7-6-9-21(15-18)16-26(32)29-28-30-27(20(3)35-28)23-11-12-24-22(17-23)13-14-31(24)36(33,34)25-10-5-4-8-19(25)2/h4-12,15,17H,13-14,16H2,1-3H3,(H,29,30,32). The number of aryl methyl sites for hydroxylation is 3. The molecule has 0 spiro atoms. The fourth-order valence-electron chi connectivity index (χ4n) is 4.62. The predicted molar refractivity (Wildman–Crippen MR) is 145 cm³/mol. The number of hydrogen-bond acceptors (Lipinski definition) is 5. The zero-order chi connectivity index (χ0) is 25.4. The number of thiazole rings is 1. The Kier molecular flexibility index (Phi) is 6.40. The van der Waals surface area contributed by atoms with Crippen LogP contribution >= 0.6 is 11.3 Å². The number of sulfonamides is 1. The minimum atomic E-state index is -3.63. The minimum absolute atomic E-state index is 0.105. The van der Waals surface area contributed by atoms with Gasteiger partial charge in [-0.05, 0) is 62.1 Å². The zero-order valence-electron chi connectivity index (χ0n) is 20.4. The molecule has 0 saturated heterocycles. The van der Waals surface area contributed by atoms with Crippen LogP contribution in [0.15, 0.2) is 71.6 Å². The highest BCUT2D eigenvalue weighted by atomic mass is 32.2. The van der Waals surface area contributed by atoms with Crippen molar-refractivity contribution in [2.24, 2.45) is 0 Å². The van der Waals surface area contributed by atoms with Crippen LogP contribution in [0.3, 0.4) is 0 Å². The molecule has 0 bridgehead atoms. The maximum absolute atomic E-state index is 13.4. The Balaban J connectivity index is 1.36. The fourth-order valence-corrected chi connectivity index (χ4v) is 7.21. The molecule has 0 aliphatic carbocycles. The maximum atomic E-state index is 13.4. The van der Waals surface area contributed by atoms with Gasteiger partial charge in [0.25, 0.3) is 10.0 Å². The van der Waals surface area contributed by atoms with Crippen LogP contribution in [0.1, 0.15) is 27.1 Å². The third-order valence-electron chi connectivity index (χ3n) is 6.36. The number of carbonyl (C=O) groups is 1. The van der Waals surface area contributed by atoms with Gasteiger partial charge in [0, 0.05) is 17.0 Å². The lowest BCUT2D eigenvalue weighted by Crippen LogP contribution is -2.29. The van der Waals surface area contributed by atoms with E-state index in [0.29, 0.717) is 35.1 Å². The smallest absolute Gasteiger partial charge is 0.264 e. The Labute approximate surface area is 215 Å². The molecule has 184 valence electrons. The van der Waals surface area contributed by atoms with Crippen LogP contribution in [0, 0.1) is 20.8 Å². The van der Waals surface area contributed by atoms with Crippen molar-refractivity contribution in [3.63, 3.8) is 0 Å². The highest BCUT2D eigenvalue weighted by Gasteiger charge is 2.32. The number of benzene rings is 3. The average Bonchev–Trinajstić information content (AvgIpc) is 3.42. The van der Waals surface area contributed by atoms with Crippen molar-refractivity contribution in [3.05, 3.63) is 93.9 Å². The molecule has 2 heterocycles. The summed E-state index contributed by atoms with van der Waals surface area (Å²) in [6.45, 7) is 6.21. The van der Waals surface area contributed by atoms with E-state index < -0.39 is 10.0 Å². The summed E-state index contributed by atoms with van der Waals surface area (Å²) in [5, 5.41) is 3.48. The largest absolute Gasteiger partial charge is 0.302 e. The van der Waals surface area contributed by atoms with Gasteiger partial charge in [0.1, 0.15) is 0 Å². The van der Waals surface area contributed by atoms with Crippen molar-refractivity contribution in [1.29, 1.82) is 0 Å². The summed E-state index contributed by atoms with van der Waals surface area (Å²) in [7, 11) is -3.63. The molecule has 0 atom stereocenters. The van der Waals surface area contributed by atoms with Crippen molar-refractivity contribution in [2.45, 2.75) is 38.5 Å². The SMILES string of the molecule is Cc1cccc(CC(=O)Nc2nc(-c3ccc4c(c3)CCN4S(=O)(=O)c3ccccc3C)c(C)s2)c1. The number of rotatable bonds is 6. The van der Waals surface area contributed by atoms with Gasteiger partial charge in [0.15, 0.2) is 5.13 Å². The fraction of sp³-hybridized carbons (Fsp3) is 0.214. The van der Waals surface area contributed by atoms with Gasteiger partial charge in [-0.1, -0.05) is 54.1 Å². The van der Waals surface area contributed by atoms with Crippen molar-refractivity contribution < 1.29 is 13.2 Å². The molecular weight excluding hydrogens is 490 g/mol. The van der Waals surface area contributed by atoms with E-state index in [9.17, 15) is 13.2 Å². The second kappa shape index (κ2) is 9.52. The molecule has 1 aromatic heterocycles. The molecular formula is C28H27N3O3S2. The van der Waals surface area contributed by atoms with Crippen LogP contribution in [0.2, 0.25) is 0 Å². The normalized spacial score (nSPS) is 13.0. The van der Waals surface area contributed by atoms with E-state index in [1.165, 1.54) is 15.6 Å². The third-order valence-corrected chi connectivity index (χ3v) is 9.22. The summed E-state index contributed by atoms with van der Waals surface area (Å²) >= 11 is 1.44. The second-order valence-corrected chi connectivity index (χ2v) is 12.1. The molecule has 1 amide bonds. The zero-order valence-corrected chi connectivity index (χ0v) is 22.0. The predicted octanol–water partition coefficient (Wildman–Crippen LogP) is 5.67. The molecule has 4 aromatic rings. The van der Waals surface area contributed by atoms with E-state index >= 15 is 0 Å². The molecule has 0 radical (unpaired) electrons. The van der Waals surface area contributed by atoms with Crippen LogP contribution < -0.4 is 9.62 Å². The van der Waals surface area contributed by atoms with Gasteiger partial charge in [-0.3, -0.25) is 9.10 Å². The number of nitrogens with one attached hydrogen (secondary N) is 1. The van der Waals surface area contributed by atoms with Crippen molar-refractivity contribution in [2.75, 3.05) is 16.2 Å². The van der Waals surface area contributed by atoms with Crippen LogP contribution in [0.4, 0.5) is 10.8 Å². The van der Waals surface area contributed by atoms with E-state index in [2.05, 4.69) is 10.3 Å². The lowest BCUT2D eigenvalue weighted by molar-refractivity contribution is -0.115. The minimum Gasteiger partial charge on any atom is -0.302 e. The van der Waals surface area contributed by atoms with E-state index in [-0.39, 0.29) is 5.91 Å². The monoisotopic (exact) mass is 517 g/mol. The number of carbonyl (C=O) groups excluding carboxylic acids is 1. The first-order chi connectivity index (χ1) is 17.2. The summed E-state index contributed by atoms with van der Waals surface area (Å²) in [5.41, 5.74) is 6.21.